The van der Waals surface area contributed by atoms with Crippen molar-refractivity contribution in [2.75, 3.05) is 40.3 Å². The number of imide groups is 1. The molecule has 2 saturated heterocycles. The molecule has 4 amide bonds. The second kappa shape index (κ2) is 10.2. The molecule has 2 aliphatic heterocycles. The predicted molar refractivity (Wildman–Crippen MR) is 127 cm³/mol. The van der Waals surface area contributed by atoms with Gasteiger partial charge in [0.2, 0.25) is 5.91 Å². The van der Waals surface area contributed by atoms with Crippen LogP contribution in [0.5, 0.6) is 0 Å². The molecule has 0 spiro atoms. The summed E-state index contributed by atoms with van der Waals surface area (Å²) in [5.74, 6) is -0.801. The molecule has 2 fully saturated rings. The Labute approximate surface area is 202 Å². The third kappa shape index (κ3) is 5.12. The van der Waals surface area contributed by atoms with Gasteiger partial charge >= 0.3 is 6.03 Å². The first-order chi connectivity index (χ1) is 16.3. The highest BCUT2D eigenvalue weighted by Gasteiger charge is 2.55. The van der Waals surface area contributed by atoms with Crippen LogP contribution >= 0.6 is 11.3 Å². The average molecular weight is 488 g/mol. The maximum Gasteiger partial charge on any atom is 0.325 e. The van der Waals surface area contributed by atoms with Crippen molar-refractivity contribution in [1.82, 2.24) is 25.0 Å². The van der Waals surface area contributed by atoms with Crippen molar-refractivity contribution in [3.8, 4) is 0 Å². The zero-order valence-corrected chi connectivity index (χ0v) is 20.3. The number of amides is 4. The fourth-order valence-electron chi connectivity index (χ4n) is 4.87. The Bertz CT molecular complexity index is 1040. The zero-order chi connectivity index (χ0) is 24.3. The first-order valence-electron chi connectivity index (χ1n) is 11.5. The lowest BCUT2D eigenvalue weighted by molar-refractivity contribution is -0.135. The second-order valence-electron chi connectivity index (χ2n) is 9.28. The molecule has 2 aliphatic rings. The number of carbonyl (C=O) groups is 3. The SMILES string of the molecule is CN(C)CCN1C(=O)N[C@@](Cc2cccc(F)c2)(C2CCN(C(=O)Cc3cscn3)CC2)C1=O. The van der Waals surface area contributed by atoms with E-state index in [1.54, 1.807) is 22.5 Å². The number of piperidine rings is 1. The van der Waals surface area contributed by atoms with Gasteiger partial charge in [-0.05, 0) is 50.6 Å². The second-order valence-corrected chi connectivity index (χ2v) is 10.00. The molecule has 10 heteroatoms. The first-order valence-corrected chi connectivity index (χ1v) is 12.4. The Morgan fingerprint density at radius 2 is 2.06 bits per heavy atom. The molecule has 182 valence electrons. The molecule has 4 rings (SSSR count). The lowest BCUT2D eigenvalue weighted by atomic mass is 9.74. The third-order valence-electron chi connectivity index (χ3n) is 6.71. The summed E-state index contributed by atoms with van der Waals surface area (Å²) in [5.41, 5.74) is 1.97. The van der Waals surface area contributed by atoms with Gasteiger partial charge in [-0.1, -0.05) is 12.1 Å². The summed E-state index contributed by atoms with van der Waals surface area (Å²) in [4.78, 5) is 48.5. The number of carbonyl (C=O) groups excluding carboxylic acids is 3. The molecule has 0 aliphatic carbocycles. The van der Waals surface area contributed by atoms with Gasteiger partial charge < -0.3 is 15.1 Å². The first kappa shape index (κ1) is 24.3. The Hall–Kier alpha value is -2.85. The molecule has 3 heterocycles. The van der Waals surface area contributed by atoms with Crippen molar-refractivity contribution in [2.24, 2.45) is 5.92 Å². The van der Waals surface area contributed by atoms with Gasteiger partial charge in [0.1, 0.15) is 11.4 Å². The Morgan fingerprint density at radius 3 is 2.71 bits per heavy atom. The van der Waals surface area contributed by atoms with E-state index in [0.717, 1.165) is 5.69 Å². The molecule has 8 nitrogen and oxygen atoms in total. The molecule has 0 radical (unpaired) electrons. The minimum absolute atomic E-state index is 0.0120. The van der Waals surface area contributed by atoms with Crippen molar-refractivity contribution in [3.05, 3.63) is 52.2 Å². The number of hydrogen-bond donors (Lipinski definition) is 1. The fourth-order valence-corrected chi connectivity index (χ4v) is 5.43. The molecule has 1 N–H and O–H groups in total. The van der Waals surface area contributed by atoms with E-state index in [1.807, 2.05) is 24.4 Å². The van der Waals surface area contributed by atoms with Gasteiger partial charge in [-0.2, -0.15) is 0 Å². The Kier molecular flexibility index (Phi) is 7.27. The molecule has 1 atom stereocenters. The Balaban J connectivity index is 1.52. The number of benzene rings is 1. The number of thiazole rings is 1. The molecule has 1 aromatic carbocycles. The largest absolute Gasteiger partial charge is 0.342 e. The average Bonchev–Trinajstić information content (AvgIpc) is 3.39. The Morgan fingerprint density at radius 1 is 1.29 bits per heavy atom. The molecule has 0 bridgehead atoms. The minimum Gasteiger partial charge on any atom is -0.342 e. The van der Waals surface area contributed by atoms with Gasteiger partial charge in [0.15, 0.2) is 0 Å². The predicted octanol–water partition coefficient (Wildman–Crippen LogP) is 2.16. The van der Waals surface area contributed by atoms with E-state index in [0.29, 0.717) is 38.0 Å². The van der Waals surface area contributed by atoms with E-state index in [4.69, 9.17) is 0 Å². The number of rotatable bonds is 8. The summed E-state index contributed by atoms with van der Waals surface area (Å²) in [6.45, 7) is 1.84. The smallest absolute Gasteiger partial charge is 0.325 e. The molecule has 0 unspecified atom stereocenters. The summed E-state index contributed by atoms with van der Waals surface area (Å²) in [6, 6.07) is 5.75. The summed E-state index contributed by atoms with van der Waals surface area (Å²) in [7, 11) is 3.77. The van der Waals surface area contributed by atoms with Crippen LogP contribution in [0.15, 0.2) is 35.2 Å². The molecule has 0 saturated carbocycles. The number of halogens is 1. The van der Waals surface area contributed by atoms with Crippen LogP contribution in [-0.4, -0.2) is 83.3 Å². The van der Waals surface area contributed by atoms with E-state index >= 15 is 0 Å². The molecular formula is C24H30FN5O3S. The number of urea groups is 1. The van der Waals surface area contributed by atoms with Crippen molar-refractivity contribution >= 4 is 29.2 Å². The highest BCUT2D eigenvalue weighted by atomic mass is 32.1. The van der Waals surface area contributed by atoms with Crippen LogP contribution in [0.1, 0.15) is 24.1 Å². The van der Waals surface area contributed by atoms with Crippen LogP contribution in [0.3, 0.4) is 0 Å². The highest BCUT2D eigenvalue weighted by Crippen LogP contribution is 2.36. The molecule has 34 heavy (non-hydrogen) atoms. The normalized spacial score (nSPS) is 21.4. The maximum atomic E-state index is 13.9. The van der Waals surface area contributed by atoms with Crippen LogP contribution in [0.2, 0.25) is 0 Å². The van der Waals surface area contributed by atoms with Crippen LogP contribution in [0.25, 0.3) is 0 Å². The van der Waals surface area contributed by atoms with Crippen LogP contribution in [0, 0.1) is 11.7 Å². The van der Waals surface area contributed by atoms with E-state index in [-0.39, 0.29) is 42.9 Å². The molecule has 2 aromatic rings. The van der Waals surface area contributed by atoms with Gasteiger partial charge in [0.05, 0.1) is 17.6 Å². The number of aromatic nitrogens is 1. The summed E-state index contributed by atoms with van der Waals surface area (Å²) in [5, 5.41) is 4.86. The monoisotopic (exact) mass is 487 g/mol. The number of likely N-dealkylation sites (N-methyl/N-ethyl adjacent to an activating group) is 1. The standard InChI is InChI=1S/C24H30FN5O3S/c1-28(2)10-11-30-22(32)24(27-23(30)33,14-17-4-3-5-19(25)12-17)18-6-8-29(9-7-18)21(31)13-20-15-34-16-26-20/h3-5,12,15-16,18H,6-11,13-14H2,1-2H3,(H,27,33)/t24-/m0/s1. The quantitative estimate of drug-likeness (QED) is 0.577. The fraction of sp³-hybridized carbons (Fsp3) is 0.500. The number of likely N-dealkylation sites (tertiary alicyclic amines) is 1. The number of hydrogen-bond acceptors (Lipinski definition) is 6. The van der Waals surface area contributed by atoms with Gasteiger partial charge in [-0.3, -0.25) is 14.5 Å². The lowest BCUT2D eigenvalue weighted by Crippen LogP contribution is -2.58. The zero-order valence-electron chi connectivity index (χ0n) is 19.5. The summed E-state index contributed by atoms with van der Waals surface area (Å²) < 4.78 is 13.9. The van der Waals surface area contributed by atoms with E-state index < -0.39 is 11.6 Å². The van der Waals surface area contributed by atoms with E-state index in [1.165, 1.54) is 28.4 Å². The van der Waals surface area contributed by atoms with Crippen LogP contribution in [-0.2, 0) is 22.4 Å². The number of nitrogens with zero attached hydrogens (tertiary/aromatic N) is 4. The molecular weight excluding hydrogens is 457 g/mol. The molecule has 1 aromatic heterocycles. The van der Waals surface area contributed by atoms with Crippen molar-refractivity contribution in [2.45, 2.75) is 31.2 Å². The van der Waals surface area contributed by atoms with Gasteiger partial charge in [0.25, 0.3) is 5.91 Å². The lowest BCUT2D eigenvalue weighted by Gasteiger charge is -2.41. The van der Waals surface area contributed by atoms with E-state index in [9.17, 15) is 18.8 Å². The van der Waals surface area contributed by atoms with Crippen molar-refractivity contribution in [1.29, 1.82) is 0 Å². The van der Waals surface area contributed by atoms with Crippen LogP contribution < -0.4 is 5.32 Å². The van der Waals surface area contributed by atoms with Gasteiger partial charge in [-0.25, -0.2) is 14.2 Å². The maximum absolute atomic E-state index is 13.9. The van der Waals surface area contributed by atoms with Gasteiger partial charge in [-0.15, -0.1) is 11.3 Å². The topological polar surface area (TPSA) is 85.8 Å². The highest BCUT2D eigenvalue weighted by molar-refractivity contribution is 7.07. The van der Waals surface area contributed by atoms with Crippen molar-refractivity contribution < 1.29 is 18.8 Å². The van der Waals surface area contributed by atoms with Gasteiger partial charge in [0, 0.05) is 38.0 Å². The summed E-state index contributed by atoms with van der Waals surface area (Å²) in [6.07, 6.45) is 1.62. The van der Waals surface area contributed by atoms with Crippen LogP contribution in [0.4, 0.5) is 9.18 Å². The van der Waals surface area contributed by atoms with E-state index in [2.05, 4.69) is 10.3 Å². The third-order valence-corrected chi connectivity index (χ3v) is 7.34. The minimum atomic E-state index is -1.15. The van der Waals surface area contributed by atoms with Crippen molar-refractivity contribution in [3.63, 3.8) is 0 Å². The summed E-state index contributed by atoms with van der Waals surface area (Å²) >= 11 is 1.46. The number of nitrogens with one attached hydrogen (secondary N) is 1.